The van der Waals surface area contributed by atoms with Crippen LogP contribution in [-0.2, 0) is 6.54 Å². The average Bonchev–Trinajstić information content (AvgIpc) is 3.25. The van der Waals surface area contributed by atoms with Gasteiger partial charge in [0.2, 0.25) is 0 Å². The van der Waals surface area contributed by atoms with Crippen LogP contribution in [0.5, 0.6) is 0 Å². The van der Waals surface area contributed by atoms with Gasteiger partial charge in [0.15, 0.2) is 0 Å². The van der Waals surface area contributed by atoms with Crippen LogP contribution in [0.25, 0.3) is 5.69 Å². The topological polar surface area (TPSA) is 41.4 Å². The van der Waals surface area contributed by atoms with E-state index in [1.807, 2.05) is 39.8 Å². The number of carbonyl (C=O) groups excluding carboxylic acids is 1. The van der Waals surface area contributed by atoms with E-state index in [-0.39, 0.29) is 5.91 Å². The number of hydrogen-bond acceptors (Lipinski definition) is 3. The Morgan fingerprint density at radius 3 is 2.31 bits per heavy atom. The molecular formula is C24H28N4O. The van der Waals surface area contributed by atoms with Crippen molar-refractivity contribution >= 4 is 5.91 Å². The Kier molecular flexibility index (Phi) is 5.76. The molecule has 0 spiro atoms. The van der Waals surface area contributed by atoms with Crippen LogP contribution in [0, 0.1) is 0 Å². The molecule has 1 fully saturated rings. The quantitative estimate of drug-likeness (QED) is 0.664. The third kappa shape index (κ3) is 4.40. The van der Waals surface area contributed by atoms with E-state index < -0.39 is 0 Å². The van der Waals surface area contributed by atoms with Crippen molar-refractivity contribution in [3.8, 4) is 5.69 Å². The van der Waals surface area contributed by atoms with Gasteiger partial charge in [0, 0.05) is 38.4 Å². The summed E-state index contributed by atoms with van der Waals surface area (Å²) in [5, 5.41) is 0. The molecule has 0 radical (unpaired) electrons. The first-order valence-electron chi connectivity index (χ1n) is 10.3. The Bertz CT molecular complexity index is 939. The molecule has 2 heterocycles. The van der Waals surface area contributed by atoms with E-state index in [0.29, 0.717) is 11.6 Å². The monoisotopic (exact) mass is 388 g/mol. The van der Waals surface area contributed by atoms with Crippen molar-refractivity contribution in [2.24, 2.45) is 0 Å². The fourth-order valence-corrected chi connectivity index (χ4v) is 3.78. The standard InChI is InChI=1S/C24H28N4O/c1-19(2)21-10-8-20(9-11-21)17-26-12-14-27(15-13-26)24(29)23-16-25-18-28(23)22-6-4-3-5-7-22/h3-11,16,18-19H,12-15,17H2,1-2H3. The summed E-state index contributed by atoms with van der Waals surface area (Å²) >= 11 is 0. The lowest BCUT2D eigenvalue weighted by molar-refractivity contribution is 0.0620. The Hall–Kier alpha value is -2.92. The third-order valence-electron chi connectivity index (χ3n) is 5.60. The lowest BCUT2D eigenvalue weighted by Crippen LogP contribution is -2.48. The molecule has 150 valence electrons. The second kappa shape index (κ2) is 8.62. The second-order valence-electron chi connectivity index (χ2n) is 7.95. The number of amides is 1. The van der Waals surface area contributed by atoms with Gasteiger partial charge in [-0.05, 0) is 29.2 Å². The zero-order chi connectivity index (χ0) is 20.2. The first kappa shape index (κ1) is 19.4. The molecular weight excluding hydrogens is 360 g/mol. The van der Waals surface area contributed by atoms with E-state index in [4.69, 9.17) is 0 Å². The Morgan fingerprint density at radius 1 is 0.966 bits per heavy atom. The number of rotatable bonds is 5. The van der Waals surface area contributed by atoms with Crippen LogP contribution in [0.3, 0.4) is 0 Å². The highest BCUT2D eigenvalue weighted by Gasteiger charge is 2.24. The minimum atomic E-state index is 0.0484. The van der Waals surface area contributed by atoms with Crippen LogP contribution in [0.15, 0.2) is 67.1 Å². The number of para-hydroxylation sites is 1. The minimum absolute atomic E-state index is 0.0484. The van der Waals surface area contributed by atoms with Crippen molar-refractivity contribution in [2.75, 3.05) is 26.2 Å². The summed E-state index contributed by atoms with van der Waals surface area (Å²) in [7, 11) is 0. The number of imidazole rings is 1. The number of nitrogens with zero attached hydrogens (tertiary/aromatic N) is 4. The predicted molar refractivity (Wildman–Crippen MR) is 115 cm³/mol. The number of aromatic nitrogens is 2. The summed E-state index contributed by atoms with van der Waals surface area (Å²) in [6.45, 7) is 8.62. The van der Waals surface area contributed by atoms with Gasteiger partial charge < -0.3 is 4.90 Å². The van der Waals surface area contributed by atoms with Gasteiger partial charge in [0.1, 0.15) is 5.69 Å². The van der Waals surface area contributed by atoms with Gasteiger partial charge in [-0.3, -0.25) is 14.3 Å². The molecule has 0 N–H and O–H groups in total. The summed E-state index contributed by atoms with van der Waals surface area (Å²) in [4.78, 5) is 21.6. The summed E-state index contributed by atoms with van der Waals surface area (Å²) in [5.41, 5.74) is 4.28. The van der Waals surface area contributed by atoms with Crippen molar-refractivity contribution in [3.63, 3.8) is 0 Å². The van der Waals surface area contributed by atoms with Crippen molar-refractivity contribution in [2.45, 2.75) is 26.3 Å². The molecule has 1 aliphatic rings. The Balaban J connectivity index is 1.36. The Morgan fingerprint density at radius 2 is 1.66 bits per heavy atom. The maximum atomic E-state index is 13.1. The van der Waals surface area contributed by atoms with Crippen LogP contribution in [0.2, 0.25) is 0 Å². The molecule has 4 rings (SSSR count). The molecule has 0 atom stereocenters. The first-order valence-corrected chi connectivity index (χ1v) is 10.3. The van der Waals surface area contributed by atoms with E-state index in [2.05, 4.69) is 48.0 Å². The lowest BCUT2D eigenvalue weighted by atomic mass is 10.0. The fraction of sp³-hybridized carbons (Fsp3) is 0.333. The minimum Gasteiger partial charge on any atom is -0.335 e. The fourth-order valence-electron chi connectivity index (χ4n) is 3.78. The molecule has 0 bridgehead atoms. The van der Waals surface area contributed by atoms with Crippen molar-refractivity contribution in [1.82, 2.24) is 19.4 Å². The molecule has 1 aromatic heterocycles. The van der Waals surface area contributed by atoms with Gasteiger partial charge >= 0.3 is 0 Å². The van der Waals surface area contributed by atoms with E-state index >= 15 is 0 Å². The van der Waals surface area contributed by atoms with E-state index in [1.54, 1.807) is 12.5 Å². The van der Waals surface area contributed by atoms with Gasteiger partial charge in [-0.1, -0.05) is 56.3 Å². The van der Waals surface area contributed by atoms with E-state index in [9.17, 15) is 4.79 Å². The van der Waals surface area contributed by atoms with Crippen molar-refractivity contribution in [3.05, 3.63) is 83.9 Å². The lowest BCUT2D eigenvalue weighted by Gasteiger charge is -2.34. The molecule has 5 heteroatoms. The maximum Gasteiger partial charge on any atom is 0.272 e. The highest BCUT2D eigenvalue weighted by molar-refractivity contribution is 5.93. The highest BCUT2D eigenvalue weighted by atomic mass is 16.2. The van der Waals surface area contributed by atoms with Crippen LogP contribution < -0.4 is 0 Å². The highest BCUT2D eigenvalue weighted by Crippen LogP contribution is 2.17. The predicted octanol–water partition coefficient (Wildman–Crippen LogP) is 3.95. The molecule has 3 aromatic rings. The van der Waals surface area contributed by atoms with Crippen LogP contribution in [-0.4, -0.2) is 51.4 Å². The number of benzene rings is 2. The summed E-state index contributed by atoms with van der Waals surface area (Å²) in [5.74, 6) is 0.607. The van der Waals surface area contributed by atoms with E-state index in [1.165, 1.54) is 11.1 Å². The van der Waals surface area contributed by atoms with Gasteiger partial charge in [-0.25, -0.2) is 4.98 Å². The largest absolute Gasteiger partial charge is 0.335 e. The summed E-state index contributed by atoms with van der Waals surface area (Å²) in [6.07, 6.45) is 3.37. The molecule has 0 unspecified atom stereocenters. The molecule has 1 amide bonds. The smallest absolute Gasteiger partial charge is 0.272 e. The SMILES string of the molecule is CC(C)c1ccc(CN2CCN(C(=O)c3cncn3-c3ccccc3)CC2)cc1. The van der Waals surface area contributed by atoms with Gasteiger partial charge in [-0.2, -0.15) is 0 Å². The molecule has 1 aliphatic heterocycles. The molecule has 0 saturated carbocycles. The zero-order valence-electron chi connectivity index (χ0n) is 17.2. The van der Waals surface area contributed by atoms with Gasteiger partial charge in [0.05, 0.1) is 12.5 Å². The van der Waals surface area contributed by atoms with Crippen LogP contribution in [0.1, 0.15) is 41.4 Å². The van der Waals surface area contributed by atoms with Gasteiger partial charge in [-0.15, -0.1) is 0 Å². The second-order valence-corrected chi connectivity index (χ2v) is 7.95. The molecule has 1 saturated heterocycles. The average molecular weight is 389 g/mol. The summed E-state index contributed by atoms with van der Waals surface area (Å²) < 4.78 is 1.87. The van der Waals surface area contributed by atoms with Crippen molar-refractivity contribution < 1.29 is 4.79 Å². The number of piperazine rings is 1. The first-order chi connectivity index (χ1) is 14.1. The normalized spacial score (nSPS) is 15.1. The summed E-state index contributed by atoms with van der Waals surface area (Å²) in [6, 6.07) is 18.8. The Labute approximate surface area is 172 Å². The van der Waals surface area contributed by atoms with Crippen LogP contribution in [0.4, 0.5) is 0 Å². The maximum absolute atomic E-state index is 13.1. The molecule has 2 aromatic carbocycles. The van der Waals surface area contributed by atoms with Crippen LogP contribution >= 0.6 is 0 Å². The third-order valence-corrected chi connectivity index (χ3v) is 5.60. The van der Waals surface area contributed by atoms with Gasteiger partial charge in [0.25, 0.3) is 5.91 Å². The molecule has 0 aliphatic carbocycles. The zero-order valence-corrected chi connectivity index (χ0v) is 17.2. The number of hydrogen-bond donors (Lipinski definition) is 0. The van der Waals surface area contributed by atoms with Crippen molar-refractivity contribution in [1.29, 1.82) is 0 Å². The molecule has 5 nitrogen and oxygen atoms in total. The number of carbonyl (C=O) groups is 1. The van der Waals surface area contributed by atoms with E-state index in [0.717, 1.165) is 38.4 Å². The molecule has 29 heavy (non-hydrogen) atoms.